The number of thioether (sulfide) groups is 1. The van der Waals surface area contributed by atoms with Gasteiger partial charge < -0.3 is 10.1 Å². The van der Waals surface area contributed by atoms with Crippen molar-refractivity contribution in [2.75, 3.05) is 18.7 Å². The number of amidine groups is 1. The number of esters is 1. The van der Waals surface area contributed by atoms with Gasteiger partial charge in [-0.05, 0) is 30.0 Å². The Labute approximate surface area is 165 Å². The van der Waals surface area contributed by atoms with E-state index in [0.717, 1.165) is 5.56 Å². The second kappa shape index (κ2) is 9.94. The predicted octanol–water partition coefficient (Wildman–Crippen LogP) is 3.41. The highest BCUT2D eigenvalue weighted by Crippen LogP contribution is 2.24. The molecule has 0 radical (unpaired) electrons. The van der Waals surface area contributed by atoms with E-state index in [1.807, 2.05) is 24.6 Å². The van der Waals surface area contributed by atoms with Gasteiger partial charge in [0.25, 0.3) is 5.69 Å². The van der Waals surface area contributed by atoms with Crippen LogP contribution >= 0.6 is 11.8 Å². The van der Waals surface area contributed by atoms with Crippen LogP contribution in [0.1, 0.15) is 15.9 Å². The number of nitrogens with zero attached hydrogens (tertiary/aromatic N) is 3. The van der Waals surface area contributed by atoms with Gasteiger partial charge in [-0.3, -0.25) is 15.4 Å². The number of carbonyl (C=O) groups excluding carboxylic acids is 1. The van der Waals surface area contributed by atoms with Gasteiger partial charge >= 0.3 is 5.97 Å². The average Bonchev–Trinajstić information content (AvgIpc) is 2.72. The van der Waals surface area contributed by atoms with Crippen LogP contribution in [0.15, 0.2) is 47.5 Å². The number of nitriles is 1. The fourth-order valence-corrected chi connectivity index (χ4v) is 2.60. The Kier molecular flexibility index (Phi) is 7.36. The first kappa shape index (κ1) is 20.7. The monoisotopic (exact) mass is 399 g/mol. The van der Waals surface area contributed by atoms with Gasteiger partial charge in [-0.25, -0.2) is 9.79 Å². The number of nitro benzene ring substituents is 1. The highest BCUT2D eigenvalue weighted by Gasteiger charge is 2.17. The molecule has 0 saturated carbocycles. The number of non-ortho nitro benzene ring substituents is 1. The fourth-order valence-electron chi connectivity index (χ4n) is 2.25. The minimum absolute atomic E-state index is 0.0881. The lowest BCUT2D eigenvalue weighted by atomic mass is 10.1. The van der Waals surface area contributed by atoms with Gasteiger partial charge in [0.15, 0.2) is 11.4 Å². The summed E-state index contributed by atoms with van der Waals surface area (Å²) >= 11 is 1.32. The molecule has 0 fully saturated rings. The van der Waals surface area contributed by atoms with Crippen molar-refractivity contribution in [3.05, 3.63) is 63.7 Å². The average molecular weight is 399 g/mol. The van der Waals surface area contributed by atoms with E-state index in [9.17, 15) is 14.9 Å². The van der Waals surface area contributed by atoms with Crippen LogP contribution in [0.5, 0.6) is 0 Å². The van der Waals surface area contributed by atoms with Crippen molar-refractivity contribution in [3.8, 4) is 6.19 Å². The molecule has 0 unspecified atom stereocenters. The summed E-state index contributed by atoms with van der Waals surface area (Å²) in [6.45, 7) is 0.387. The quantitative estimate of drug-likeness (QED) is 0.144. The summed E-state index contributed by atoms with van der Waals surface area (Å²) < 4.78 is 4.70. The van der Waals surface area contributed by atoms with E-state index in [1.54, 1.807) is 12.1 Å². The summed E-state index contributed by atoms with van der Waals surface area (Å²) in [4.78, 5) is 26.6. The smallest absolute Gasteiger partial charge is 0.340 e. The first-order chi connectivity index (χ1) is 13.5. The summed E-state index contributed by atoms with van der Waals surface area (Å²) in [5.74, 6) is -0.662. The summed E-state index contributed by atoms with van der Waals surface area (Å²) in [7, 11) is 1.22. The Morgan fingerprint density at radius 2 is 2.04 bits per heavy atom. The molecular weight excluding hydrogens is 382 g/mol. The van der Waals surface area contributed by atoms with Crippen molar-refractivity contribution < 1.29 is 14.5 Å². The summed E-state index contributed by atoms with van der Waals surface area (Å²) in [5.41, 5.74) is 1.92. The molecule has 0 aromatic heterocycles. The molecule has 0 atom stereocenters. The summed E-state index contributed by atoms with van der Waals surface area (Å²) in [6, 6.07) is 11.3. The molecule has 2 N–H and O–H groups in total. The number of nitrogens with one attached hydrogen (secondary N) is 2. The molecule has 0 aliphatic heterocycles. The largest absolute Gasteiger partial charge is 0.465 e. The number of ether oxygens (including phenoxy) is 1. The number of anilines is 1. The summed E-state index contributed by atoms with van der Waals surface area (Å²) in [5, 5.41) is 25.6. The minimum atomic E-state index is -0.662. The lowest BCUT2D eigenvalue weighted by molar-refractivity contribution is -0.384. The number of methoxy groups -OCH3 is 1. The normalized spacial score (nSPS) is 10.7. The molecular formula is C18H17N5O4S. The maximum Gasteiger partial charge on any atom is 0.340 e. The van der Waals surface area contributed by atoms with Crippen LogP contribution in [0, 0.1) is 21.6 Å². The molecule has 10 heteroatoms. The Balaban J connectivity index is 2.15. The molecule has 144 valence electrons. The fraction of sp³-hybridized carbons (Fsp3) is 0.167. The van der Waals surface area contributed by atoms with Gasteiger partial charge in [0.05, 0.1) is 23.3 Å². The number of hydrogen-bond donors (Lipinski definition) is 2. The second-order valence-electron chi connectivity index (χ2n) is 5.36. The molecule has 0 bridgehead atoms. The van der Waals surface area contributed by atoms with Crippen molar-refractivity contribution in [1.29, 1.82) is 5.26 Å². The third-order valence-corrected chi connectivity index (χ3v) is 4.21. The van der Waals surface area contributed by atoms with Crippen LogP contribution < -0.4 is 10.6 Å². The SMILES string of the molecule is COC(=O)c1cc([N+](=O)[O-])ccc1NCc1ccc(N=C(NC#N)SC)cc1. The van der Waals surface area contributed by atoms with E-state index >= 15 is 0 Å². The van der Waals surface area contributed by atoms with Crippen LogP contribution in [-0.2, 0) is 11.3 Å². The van der Waals surface area contributed by atoms with Crippen LogP contribution in [-0.4, -0.2) is 29.4 Å². The summed E-state index contributed by atoms with van der Waals surface area (Å²) in [6.07, 6.45) is 3.64. The topological polar surface area (TPSA) is 130 Å². The Morgan fingerprint density at radius 1 is 1.32 bits per heavy atom. The molecule has 0 spiro atoms. The molecule has 0 aliphatic carbocycles. The molecule has 2 rings (SSSR count). The van der Waals surface area contributed by atoms with Gasteiger partial charge in [-0.1, -0.05) is 23.9 Å². The van der Waals surface area contributed by atoms with Crippen molar-refractivity contribution in [3.63, 3.8) is 0 Å². The number of nitro groups is 1. The lowest BCUT2D eigenvalue weighted by Crippen LogP contribution is -2.12. The number of carbonyl (C=O) groups is 1. The Bertz CT molecular complexity index is 938. The third kappa shape index (κ3) is 5.46. The molecule has 0 heterocycles. The number of hydrogen-bond acceptors (Lipinski definition) is 8. The van der Waals surface area contributed by atoms with Gasteiger partial charge in [-0.15, -0.1) is 0 Å². The van der Waals surface area contributed by atoms with Gasteiger partial charge in [0.2, 0.25) is 0 Å². The first-order valence-corrected chi connectivity index (χ1v) is 9.18. The van der Waals surface area contributed by atoms with Crippen LogP contribution in [0.2, 0.25) is 0 Å². The Morgan fingerprint density at radius 3 is 2.61 bits per heavy atom. The van der Waals surface area contributed by atoms with Crippen molar-refractivity contribution >= 4 is 40.0 Å². The number of benzene rings is 2. The van der Waals surface area contributed by atoms with Gasteiger partial charge in [-0.2, -0.15) is 5.26 Å². The standard InChI is InChI=1S/C18H17N5O4S/c1-27-17(24)15-9-14(23(25)26)7-8-16(15)20-10-12-3-5-13(6-4-12)22-18(28-2)21-11-19/h3-9,20H,10H2,1-2H3,(H,21,22). The van der Waals surface area contributed by atoms with Crippen LogP contribution in [0.25, 0.3) is 0 Å². The molecule has 9 nitrogen and oxygen atoms in total. The predicted molar refractivity (Wildman–Crippen MR) is 108 cm³/mol. The zero-order chi connectivity index (χ0) is 20.5. The molecule has 2 aromatic rings. The molecule has 0 aliphatic rings. The second-order valence-corrected chi connectivity index (χ2v) is 6.15. The van der Waals surface area contributed by atoms with Crippen molar-refractivity contribution in [2.45, 2.75) is 6.54 Å². The third-order valence-electron chi connectivity index (χ3n) is 3.63. The Hall–Kier alpha value is -3.58. The zero-order valence-corrected chi connectivity index (χ0v) is 15.9. The zero-order valence-electron chi connectivity index (χ0n) is 15.1. The van der Waals surface area contributed by atoms with E-state index in [0.29, 0.717) is 23.1 Å². The minimum Gasteiger partial charge on any atom is -0.465 e. The van der Waals surface area contributed by atoms with E-state index in [1.165, 1.54) is 37.1 Å². The van der Waals surface area contributed by atoms with Crippen molar-refractivity contribution in [2.24, 2.45) is 4.99 Å². The van der Waals surface area contributed by atoms with Crippen molar-refractivity contribution in [1.82, 2.24) is 5.32 Å². The number of aliphatic imine (C=N–C) groups is 1. The lowest BCUT2D eigenvalue weighted by Gasteiger charge is -2.11. The molecule has 28 heavy (non-hydrogen) atoms. The molecule has 2 aromatic carbocycles. The van der Waals surface area contributed by atoms with E-state index < -0.39 is 10.9 Å². The maximum atomic E-state index is 11.9. The van der Waals surface area contributed by atoms with Gasteiger partial charge in [0, 0.05) is 24.4 Å². The highest BCUT2D eigenvalue weighted by atomic mass is 32.2. The van der Waals surface area contributed by atoms with Crippen LogP contribution in [0.4, 0.5) is 17.1 Å². The van der Waals surface area contributed by atoms with E-state index in [2.05, 4.69) is 15.6 Å². The molecule has 0 amide bonds. The van der Waals surface area contributed by atoms with E-state index in [-0.39, 0.29) is 11.3 Å². The van der Waals surface area contributed by atoms with E-state index in [4.69, 9.17) is 10.00 Å². The maximum absolute atomic E-state index is 11.9. The van der Waals surface area contributed by atoms with Crippen LogP contribution in [0.3, 0.4) is 0 Å². The van der Waals surface area contributed by atoms with Gasteiger partial charge in [0.1, 0.15) is 0 Å². The molecule has 0 saturated heterocycles. The number of rotatable bonds is 6. The first-order valence-electron chi connectivity index (χ1n) is 7.95. The highest BCUT2D eigenvalue weighted by molar-refractivity contribution is 8.13.